The van der Waals surface area contributed by atoms with Crippen LogP contribution >= 0.6 is 22.9 Å². The molecule has 0 unspecified atom stereocenters. The Morgan fingerprint density at radius 1 is 0.889 bits per heavy atom. The number of thiophene rings is 1. The van der Waals surface area contributed by atoms with E-state index in [4.69, 9.17) is 16.3 Å². The molecule has 3 aromatic carbocycles. The molecule has 0 spiro atoms. The summed E-state index contributed by atoms with van der Waals surface area (Å²) >= 11 is 8.32. The van der Waals surface area contributed by atoms with E-state index < -0.39 is 11.2 Å². The van der Waals surface area contributed by atoms with Crippen LogP contribution in [0.25, 0.3) is 30.9 Å². The number of benzene rings is 3. The standard InChI is InChI=1S/C22H22BClO2S/c1-21(2,25)22(3,4)26-23-18-17(24)12-11-16-15-10-9-13-7-5-6-8-14(13)19(15)27-20(16)18/h5-12,23,25H,1-4H3. The molecule has 0 atom stereocenters. The fraction of sp³-hybridized carbons (Fsp3) is 0.273. The zero-order valence-corrected chi connectivity index (χ0v) is 17.5. The zero-order valence-electron chi connectivity index (χ0n) is 16.0. The summed E-state index contributed by atoms with van der Waals surface area (Å²) in [6.07, 6.45) is 0. The Hall–Kier alpha value is -1.59. The molecule has 1 aromatic heterocycles. The van der Waals surface area contributed by atoms with E-state index in [1.165, 1.54) is 26.2 Å². The highest BCUT2D eigenvalue weighted by Crippen LogP contribution is 2.38. The number of aliphatic hydroxyl groups is 1. The Balaban J connectivity index is 1.88. The molecule has 0 amide bonds. The van der Waals surface area contributed by atoms with Gasteiger partial charge in [0.15, 0.2) is 0 Å². The van der Waals surface area contributed by atoms with Gasteiger partial charge in [0, 0.05) is 19.8 Å². The molecule has 1 heterocycles. The molecule has 0 aliphatic carbocycles. The molecular weight excluding hydrogens is 375 g/mol. The highest BCUT2D eigenvalue weighted by molar-refractivity contribution is 7.27. The molecule has 4 aromatic rings. The second-order valence-corrected chi connectivity index (χ2v) is 9.45. The second kappa shape index (κ2) is 6.49. The third-order valence-electron chi connectivity index (χ3n) is 5.63. The second-order valence-electron chi connectivity index (χ2n) is 8.03. The van der Waals surface area contributed by atoms with Crippen molar-refractivity contribution < 1.29 is 9.76 Å². The van der Waals surface area contributed by atoms with Gasteiger partial charge in [-0.1, -0.05) is 54.1 Å². The third kappa shape index (κ3) is 3.15. The molecule has 27 heavy (non-hydrogen) atoms. The van der Waals surface area contributed by atoms with E-state index in [0.717, 1.165) is 10.2 Å². The average molecular weight is 397 g/mol. The van der Waals surface area contributed by atoms with Crippen molar-refractivity contribution in [1.29, 1.82) is 0 Å². The molecule has 138 valence electrons. The van der Waals surface area contributed by atoms with Crippen LogP contribution in [0.5, 0.6) is 0 Å². The lowest BCUT2D eigenvalue weighted by molar-refractivity contribution is -0.0893. The van der Waals surface area contributed by atoms with Crippen LogP contribution in [0.1, 0.15) is 27.7 Å². The summed E-state index contributed by atoms with van der Waals surface area (Å²) in [6, 6.07) is 16.9. The third-order valence-corrected chi connectivity index (χ3v) is 7.30. The van der Waals surface area contributed by atoms with Crippen LogP contribution in [0.2, 0.25) is 5.02 Å². The summed E-state index contributed by atoms with van der Waals surface area (Å²) in [6.45, 7) is 7.33. The Bertz CT molecular complexity index is 1160. The van der Waals surface area contributed by atoms with Crippen LogP contribution in [0.4, 0.5) is 0 Å². The quantitative estimate of drug-likeness (QED) is 0.468. The number of halogens is 1. The van der Waals surface area contributed by atoms with Gasteiger partial charge in [0.25, 0.3) is 0 Å². The first-order valence-electron chi connectivity index (χ1n) is 9.07. The minimum absolute atomic E-state index is 0.359. The maximum absolute atomic E-state index is 10.4. The Kier molecular flexibility index (Phi) is 4.51. The molecule has 5 heteroatoms. The first-order chi connectivity index (χ1) is 12.7. The summed E-state index contributed by atoms with van der Waals surface area (Å²) in [5.74, 6) is 0. The van der Waals surface area contributed by atoms with Crippen molar-refractivity contribution in [3.05, 3.63) is 53.6 Å². The maximum Gasteiger partial charge on any atom is 0.312 e. The fourth-order valence-corrected chi connectivity index (χ4v) is 4.80. The lowest BCUT2D eigenvalue weighted by Crippen LogP contribution is -2.49. The van der Waals surface area contributed by atoms with Crippen LogP contribution in [0, 0.1) is 0 Å². The van der Waals surface area contributed by atoms with Crippen LogP contribution in [-0.4, -0.2) is 23.8 Å². The molecule has 1 N–H and O–H groups in total. The largest absolute Gasteiger partial charge is 0.427 e. The van der Waals surface area contributed by atoms with E-state index in [1.807, 2.05) is 19.9 Å². The van der Waals surface area contributed by atoms with Crippen molar-refractivity contribution in [3.63, 3.8) is 0 Å². The van der Waals surface area contributed by atoms with Gasteiger partial charge in [-0.15, -0.1) is 11.3 Å². The first-order valence-corrected chi connectivity index (χ1v) is 10.3. The topological polar surface area (TPSA) is 29.5 Å². The van der Waals surface area contributed by atoms with Crippen molar-refractivity contribution in [2.45, 2.75) is 38.9 Å². The molecule has 4 rings (SSSR count). The average Bonchev–Trinajstić information content (AvgIpc) is 2.99. The number of hydrogen-bond acceptors (Lipinski definition) is 3. The normalized spacial score (nSPS) is 13.0. The highest BCUT2D eigenvalue weighted by Gasteiger charge is 2.36. The number of hydrogen-bond donors (Lipinski definition) is 1. The molecule has 0 saturated carbocycles. The van der Waals surface area contributed by atoms with Crippen molar-refractivity contribution in [2.75, 3.05) is 0 Å². The lowest BCUT2D eigenvalue weighted by Gasteiger charge is -2.37. The van der Waals surface area contributed by atoms with Crippen molar-refractivity contribution in [3.8, 4) is 0 Å². The van der Waals surface area contributed by atoms with E-state index in [2.05, 4.69) is 42.5 Å². The predicted octanol–water partition coefficient (Wildman–Crippen LogP) is 5.40. The number of rotatable bonds is 4. The summed E-state index contributed by atoms with van der Waals surface area (Å²) in [5, 5.41) is 16.0. The van der Waals surface area contributed by atoms with Crippen LogP contribution in [-0.2, 0) is 4.65 Å². The van der Waals surface area contributed by atoms with Crippen LogP contribution in [0.3, 0.4) is 0 Å². The van der Waals surface area contributed by atoms with Gasteiger partial charge in [-0.25, -0.2) is 0 Å². The number of fused-ring (bicyclic) bond motifs is 5. The predicted molar refractivity (Wildman–Crippen MR) is 120 cm³/mol. The summed E-state index contributed by atoms with van der Waals surface area (Å²) in [4.78, 5) is 0. The van der Waals surface area contributed by atoms with Gasteiger partial charge in [-0.2, -0.15) is 0 Å². The Morgan fingerprint density at radius 3 is 2.30 bits per heavy atom. The van der Waals surface area contributed by atoms with Crippen LogP contribution in [0.15, 0.2) is 48.5 Å². The van der Waals surface area contributed by atoms with E-state index in [9.17, 15) is 5.11 Å². The van der Waals surface area contributed by atoms with E-state index in [0.29, 0.717) is 12.5 Å². The van der Waals surface area contributed by atoms with E-state index in [-0.39, 0.29) is 0 Å². The molecule has 0 radical (unpaired) electrons. The minimum Gasteiger partial charge on any atom is -0.427 e. The van der Waals surface area contributed by atoms with Gasteiger partial charge >= 0.3 is 7.48 Å². The monoisotopic (exact) mass is 396 g/mol. The van der Waals surface area contributed by atoms with Crippen molar-refractivity contribution in [1.82, 2.24) is 0 Å². The fourth-order valence-electron chi connectivity index (χ4n) is 3.16. The molecule has 0 fully saturated rings. The summed E-state index contributed by atoms with van der Waals surface area (Å²) in [5.41, 5.74) is -0.664. The summed E-state index contributed by atoms with van der Waals surface area (Å²) in [7, 11) is 0.359. The maximum atomic E-state index is 10.4. The minimum atomic E-state index is -0.955. The smallest absolute Gasteiger partial charge is 0.312 e. The molecule has 0 bridgehead atoms. The molecule has 0 saturated heterocycles. The van der Waals surface area contributed by atoms with Gasteiger partial charge in [0.2, 0.25) is 0 Å². The lowest BCUT2D eigenvalue weighted by atomic mass is 9.82. The van der Waals surface area contributed by atoms with Gasteiger partial charge in [0.05, 0.1) is 11.2 Å². The van der Waals surface area contributed by atoms with E-state index >= 15 is 0 Å². The molecule has 0 aliphatic heterocycles. The molecule has 0 aliphatic rings. The van der Waals surface area contributed by atoms with Gasteiger partial charge in [-0.3, -0.25) is 0 Å². The zero-order chi connectivity index (χ0) is 19.4. The SMILES string of the molecule is CC(C)(O)C(C)(C)OBc1c(Cl)ccc2c1sc1c3ccccc3ccc21. The first kappa shape index (κ1) is 18.8. The molecular formula is C22H22BClO2S. The van der Waals surface area contributed by atoms with Gasteiger partial charge in [-0.05, 0) is 55.4 Å². The van der Waals surface area contributed by atoms with Crippen LogP contribution < -0.4 is 5.46 Å². The Morgan fingerprint density at radius 2 is 1.56 bits per heavy atom. The van der Waals surface area contributed by atoms with Crippen molar-refractivity contribution >= 4 is 66.8 Å². The summed E-state index contributed by atoms with van der Waals surface area (Å²) < 4.78 is 8.55. The molecule has 2 nitrogen and oxygen atoms in total. The van der Waals surface area contributed by atoms with Gasteiger partial charge < -0.3 is 9.76 Å². The van der Waals surface area contributed by atoms with Gasteiger partial charge in [0.1, 0.15) is 0 Å². The Labute approximate surface area is 169 Å². The van der Waals surface area contributed by atoms with Crippen molar-refractivity contribution in [2.24, 2.45) is 0 Å². The van der Waals surface area contributed by atoms with E-state index in [1.54, 1.807) is 25.2 Å². The highest BCUT2D eigenvalue weighted by atomic mass is 35.5.